The number of methoxy groups -OCH3 is 1. The Morgan fingerprint density at radius 1 is 1.07 bits per heavy atom. The number of benzene rings is 1. The van der Waals surface area contributed by atoms with Crippen LogP contribution in [0, 0.1) is 5.92 Å². The zero-order valence-corrected chi connectivity index (χ0v) is 25.5. The van der Waals surface area contributed by atoms with Crippen LogP contribution in [0.2, 0.25) is 10.2 Å². The minimum atomic E-state index is -2.95. The summed E-state index contributed by atoms with van der Waals surface area (Å²) in [4.78, 5) is 31.4. The van der Waals surface area contributed by atoms with Crippen molar-refractivity contribution in [2.24, 2.45) is 5.92 Å². The Morgan fingerprint density at radius 2 is 1.89 bits per heavy atom. The summed E-state index contributed by atoms with van der Waals surface area (Å²) in [6.45, 7) is -1.19. The second-order valence-electron chi connectivity index (χ2n) is 10.6. The molecule has 0 aliphatic carbocycles. The van der Waals surface area contributed by atoms with Gasteiger partial charge in [0.1, 0.15) is 5.75 Å². The summed E-state index contributed by atoms with van der Waals surface area (Å²) in [7, 11) is 1.48. The lowest BCUT2D eigenvalue weighted by Crippen LogP contribution is -2.27. The van der Waals surface area contributed by atoms with Crippen LogP contribution in [-0.2, 0) is 4.79 Å². The van der Waals surface area contributed by atoms with E-state index in [4.69, 9.17) is 27.9 Å². The molecule has 232 valence electrons. The standard InChI is InChI=1S/C30H26Cl2F2N8O3/c1-16-4-3-5-24(21-10-17(8-9-35-21)28-22(37-29(16)44)13-36-42(28)30(33)34)40-14-25(45-2)20(12-27(40)43)19-11-18(31)6-7-23(19)41-15-26(32)38-39-41/h6-16,24,30H,3-5H2,1-2H3,(H,37,44). The SMILES string of the molecule is COc1cn(C2CCCC(C)C(=O)Nc3cnn(C(F)F)c3-c3ccnc2c3)c(=O)cc1-c1cc(Cl)ccc1-n1cc(Cl)nn1. The number of rotatable bonds is 5. The van der Waals surface area contributed by atoms with E-state index in [9.17, 15) is 18.4 Å². The lowest BCUT2D eigenvalue weighted by Gasteiger charge is -2.24. The normalized spacial score (nSPS) is 16.9. The lowest BCUT2D eigenvalue weighted by atomic mass is 9.96. The molecule has 15 heteroatoms. The van der Waals surface area contributed by atoms with Crippen molar-refractivity contribution in [3.05, 3.63) is 87.4 Å². The molecule has 0 saturated carbocycles. The van der Waals surface area contributed by atoms with Gasteiger partial charge in [0.2, 0.25) is 5.91 Å². The summed E-state index contributed by atoms with van der Waals surface area (Å²) in [5, 5.41) is 15.1. The second kappa shape index (κ2) is 12.4. The van der Waals surface area contributed by atoms with Crippen LogP contribution in [0.25, 0.3) is 28.1 Å². The zero-order valence-electron chi connectivity index (χ0n) is 24.0. The number of hydrogen-bond donors (Lipinski definition) is 1. The molecule has 5 aromatic rings. The van der Waals surface area contributed by atoms with Gasteiger partial charge in [-0.1, -0.05) is 41.8 Å². The number of aromatic nitrogens is 7. The minimum Gasteiger partial charge on any atom is -0.495 e. The average Bonchev–Trinajstić information content (AvgIpc) is 3.65. The van der Waals surface area contributed by atoms with Crippen molar-refractivity contribution < 1.29 is 18.3 Å². The molecular formula is C30H26Cl2F2N8O3. The van der Waals surface area contributed by atoms with Gasteiger partial charge >= 0.3 is 6.55 Å². The number of anilines is 1. The van der Waals surface area contributed by atoms with Gasteiger partial charge in [0.05, 0.1) is 54.5 Å². The van der Waals surface area contributed by atoms with Crippen LogP contribution in [0.4, 0.5) is 14.5 Å². The fraction of sp³-hybridized carbons (Fsp3) is 0.267. The number of nitrogens with one attached hydrogen (secondary N) is 1. The van der Waals surface area contributed by atoms with Gasteiger partial charge in [-0.3, -0.25) is 14.6 Å². The van der Waals surface area contributed by atoms with Crippen LogP contribution in [0.1, 0.15) is 44.5 Å². The van der Waals surface area contributed by atoms with Gasteiger partial charge in [-0.15, -0.1) is 5.10 Å². The maximum Gasteiger partial charge on any atom is 0.333 e. The second-order valence-corrected chi connectivity index (χ2v) is 11.4. The first kappa shape index (κ1) is 30.4. The molecule has 1 aromatic carbocycles. The monoisotopic (exact) mass is 654 g/mol. The highest BCUT2D eigenvalue weighted by Crippen LogP contribution is 2.38. The Morgan fingerprint density at radius 3 is 2.62 bits per heavy atom. The van der Waals surface area contributed by atoms with E-state index in [0.717, 1.165) is 0 Å². The van der Waals surface area contributed by atoms with Gasteiger partial charge in [0, 0.05) is 39.9 Å². The van der Waals surface area contributed by atoms with Gasteiger partial charge in [0.15, 0.2) is 5.15 Å². The van der Waals surface area contributed by atoms with Crippen molar-refractivity contribution in [2.45, 2.75) is 38.8 Å². The first-order valence-corrected chi connectivity index (χ1v) is 14.7. The highest BCUT2D eigenvalue weighted by Gasteiger charge is 2.27. The quantitative estimate of drug-likeness (QED) is 0.232. The molecule has 0 radical (unpaired) electrons. The summed E-state index contributed by atoms with van der Waals surface area (Å²) >= 11 is 12.4. The highest BCUT2D eigenvalue weighted by atomic mass is 35.5. The third-order valence-corrected chi connectivity index (χ3v) is 8.17. The average molecular weight is 655 g/mol. The predicted molar refractivity (Wildman–Crippen MR) is 164 cm³/mol. The number of hydrogen-bond acceptors (Lipinski definition) is 7. The Hall–Kier alpha value is -4.62. The van der Waals surface area contributed by atoms with E-state index in [2.05, 4.69) is 25.7 Å². The number of nitrogens with zero attached hydrogens (tertiary/aromatic N) is 7. The molecule has 1 amide bonds. The van der Waals surface area contributed by atoms with Gasteiger partial charge in [-0.05, 0) is 43.2 Å². The number of amides is 1. The molecule has 1 N–H and O–H groups in total. The molecule has 4 aromatic heterocycles. The van der Waals surface area contributed by atoms with E-state index < -0.39 is 18.5 Å². The van der Waals surface area contributed by atoms with Crippen LogP contribution >= 0.6 is 23.2 Å². The summed E-state index contributed by atoms with van der Waals surface area (Å²) in [6, 6.07) is 9.11. The molecule has 2 atom stereocenters. The van der Waals surface area contributed by atoms with E-state index in [0.29, 0.717) is 62.8 Å². The minimum absolute atomic E-state index is 0.0375. The fourth-order valence-electron chi connectivity index (χ4n) is 5.53. The van der Waals surface area contributed by atoms with E-state index in [1.807, 2.05) is 0 Å². The molecule has 0 fully saturated rings. The topological polar surface area (TPSA) is 122 Å². The largest absolute Gasteiger partial charge is 0.495 e. The predicted octanol–water partition coefficient (Wildman–Crippen LogP) is 6.41. The third kappa shape index (κ3) is 5.92. The lowest BCUT2D eigenvalue weighted by molar-refractivity contribution is -0.119. The number of carbonyl (C=O) groups excluding carboxylic acids is 1. The number of ether oxygens (including phenoxy) is 1. The first-order chi connectivity index (χ1) is 21.6. The molecule has 0 spiro atoms. The molecule has 1 aliphatic heterocycles. The van der Waals surface area contributed by atoms with Gasteiger partial charge in [-0.2, -0.15) is 13.9 Å². The van der Waals surface area contributed by atoms with Crippen LogP contribution in [-0.4, -0.2) is 47.3 Å². The molecule has 0 saturated heterocycles. The van der Waals surface area contributed by atoms with Gasteiger partial charge in [0.25, 0.3) is 5.56 Å². The molecule has 2 bridgehead atoms. The fourth-order valence-corrected chi connectivity index (χ4v) is 5.83. The van der Waals surface area contributed by atoms with E-state index >= 15 is 0 Å². The number of alkyl halides is 2. The van der Waals surface area contributed by atoms with Crippen LogP contribution in [0.15, 0.2) is 66.0 Å². The Balaban J connectivity index is 1.50. The maximum atomic E-state index is 14.0. The van der Waals surface area contributed by atoms with E-state index in [1.54, 1.807) is 43.5 Å². The van der Waals surface area contributed by atoms with Crippen molar-refractivity contribution in [3.63, 3.8) is 0 Å². The van der Waals surface area contributed by atoms with E-state index in [1.165, 1.54) is 41.0 Å². The molecule has 45 heavy (non-hydrogen) atoms. The van der Waals surface area contributed by atoms with E-state index in [-0.39, 0.29) is 28.0 Å². The summed E-state index contributed by atoms with van der Waals surface area (Å²) in [5.41, 5.74) is 2.22. The molecule has 2 unspecified atom stereocenters. The Bertz CT molecular complexity index is 1960. The van der Waals surface area contributed by atoms with Crippen molar-refractivity contribution in [1.29, 1.82) is 0 Å². The molecule has 5 heterocycles. The van der Waals surface area contributed by atoms with Gasteiger partial charge in [-0.25, -0.2) is 9.36 Å². The first-order valence-electron chi connectivity index (χ1n) is 14.0. The smallest absolute Gasteiger partial charge is 0.333 e. The number of fused-ring (bicyclic) bond motifs is 4. The summed E-state index contributed by atoms with van der Waals surface area (Å²) < 4.78 is 37.3. The van der Waals surface area contributed by atoms with Crippen molar-refractivity contribution >= 4 is 34.8 Å². The Kier molecular flexibility index (Phi) is 8.38. The van der Waals surface area contributed by atoms with Crippen molar-refractivity contribution in [2.75, 3.05) is 12.4 Å². The maximum absolute atomic E-state index is 14.0. The number of halogens is 4. The van der Waals surface area contributed by atoms with Crippen LogP contribution in [0.3, 0.4) is 0 Å². The molecular weight excluding hydrogens is 629 g/mol. The Labute approximate surface area is 265 Å². The van der Waals surface area contributed by atoms with Crippen LogP contribution in [0.5, 0.6) is 5.75 Å². The molecule has 6 rings (SSSR count). The number of carbonyl (C=O) groups is 1. The highest BCUT2D eigenvalue weighted by molar-refractivity contribution is 6.31. The summed E-state index contributed by atoms with van der Waals surface area (Å²) in [6.07, 6.45) is 7.29. The van der Waals surface area contributed by atoms with Crippen LogP contribution < -0.4 is 15.6 Å². The van der Waals surface area contributed by atoms with Gasteiger partial charge < -0.3 is 14.6 Å². The number of pyridine rings is 2. The van der Waals surface area contributed by atoms with Crippen molar-refractivity contribution in [3.8, 4) is 33.8 Å². The van der Waals surface area contributed by atoms with Crippen molar-refractivity contribution in [1.82, 2.24) is 34.3 Å². The molecule has 1 aliphatic rings. The third-order valence-electron chi connectivity index (χ3n) is 7.76. The zero-order chi connectivity index (χ0) is 31.8. The molecule has 11 nitrogen and oxygen atoms in total. The summed E-state index contributed by atoms with van der Waals surface area (Å²) in [5.74, 6) is -0.387.